The molecule has 1 heterocycles. The van der Waals surface area contributed by atoms with Crippen LogP contribution >= 0.6 is 12.4 Å². The number of nitrogens with two attached hydrogens (primary N) is 1. The maximum Gasteiger partial charge on any atom is 0.320 e. The highest BCUT2D eigenvalue weighted by Crippen LogP contribution is 2.36. The summed E-state index contributed by atoms with van der Waals surface area (Å²) in [6.45, 7) is 0.751. The Hall–Kier alpha value is -0.320. The topological polar surface area (TPSA) is 75.3 Å². The van der Waals surface area contributed by atoms with E-state index in [2.05, 4.69) is 5.32 Å². The molecule has 88 valence electrons. The molecule has 1 saturated carbocycles. The van der Waals surface area contributed by atoms with Crippen molar-refractivity contribution in [3.8, 4) is 0 Å². The molecule has 15 heavy (non-hydrogen) atoms. The maximum absolute atomic E-state index is 10.8. The van der Waals surface area contributed by atoms with Crippen LogP contribution in [0.15, 0.2) is 0 Å². The minimum absolute atomic E-state index is 0. The van der Waals surface area contributed by atoms with Gasteiger partial charge >= 0.3 is 5.97 Å². The van der Waals surface area contributed by atoms with Crippen molar-refractivity contribution in [3.63, 3.8) is 0 Å². The van der Waals surface area contributed by atoms with Gasteiger partial charge in [0.15, 0.2) is 0 Å². The number of carboxylic acid groups (broad SMARTS) is 1. The van der Waals surface area contributed by atoms with E-state index in [4.69, 9.17) is 10.8 Å². The number of fused-ring (bicyclic) bond motifs is 1. The number of aliphatic carboxylic acids is 1. The van der Waals surface area contributed by atoms with Crippen molar-refractivity contribution in [3.05, 3.63) is 0 Å². The lowest BCUT2D eigenvalue weighted by Crippen LogP contribution is -2.38. The molecule has 4 nitrogen and oxygen atoms in total. The number of hydrogen-bond donors (Lipinski definition) is 3. The van der Waals surface area contributed by atoms with E-state index >= 15 is 0 Å². The molecule has 0 radical (unpaired) electrons. The van der Waals surface area contributed by atoms with Crippen molar-refractivity contribution in [1.82, 2.24) is 5.32 Å². The number of nitrogens with one attached hydrogen (secondary N) is 1. The van der Waals surface area contributed by atoms with Crippen LogP contribution in [0.1, 0.15) is 25.7 Å². The van der Waals surface area contributed by atoms with E-state index < -0.39 is 5.97 Å². The Labute approximate surface area is 96.0 Å². The highest BCUT2D eigenvalue weighted by Gasteiger charge is 2.40. The quantitative estimate of drug-likeness (QED) is 0.654. The summed E-state index contributed by atoms with van der Waals surface area (Å²) in [5, 5.41) is 12.1. The maximum atomic E-state index is 10.8. The standard InChI is InChI=1S/C10H18N2O2.ClH/c11-5-6-1-2-8-7(3-6)4-9(12-8)10(13)14;/h6-9,12H,1-5,11H2,(H,13,14);1H. The van der Waals surface area contributed by atoms with Gasteiger partial charge in [0.2, 0.25) is 0 Å². The van der Waals surface area contributed by atoms with Crippen LogP contribution in [0.4, 0.5) is 0 Å². The van der Waals surface area contributed by atoms with Crippen LogP contribution in [-0.4, -0.2) is 29.7 Å². The molecule has 0 aromatic carbocycles. The molecule has 1 saturated heterocycles. The first kappa shape index (κ1) is 12.7. The van der Waals surface area contributed by atoms with Gasteiger partial charge in [0.25, 0.3) is 0 Å². The largest absolute Gasteiger partial charge is 0.480 e. The summed E-state index contributed by atoms with van der Waals surface area (Å²) < 4.78 is 0. The molecule has 0 aromatic rings. The van der Waals surface area contributed by atoms with Crippen molar-refractivity contribution >= 4 is 18.4 Å². The molecule has 1 aliphatic heterocycles. The van der Waals surface area contributed by atoms with Crippen molar-refractivity contribution in [2.75, 3.05) is 6.54 Å². The zero-order chi connectivity index (χ0) is 10.1. The van der Waals surface area contributed by atoms with Gasteiger partial charge in [0.1, 0.15) is 6.04 Å². The Morgan fingerprint density at radius 1 is 1.40 bits per heavy atom. The minimum Gasteiger partial charge on any atom is -0.480 e. The molecule has 4 atom stereocenters. The smallest absolute Gasteiger partial charge is 0.320 e. The van der Waals surface area contributed by atoms with E-state index in [0.717, 1.165) is 32.2 Å². The van der Waals surface area contributed by atoms with Gasteiger partial charge in [-0.15, -0.1) is 12.4 Å². The number of hydrogen-bond acceptors (Lipinski definition) is 3. The Kier molecular flexibility index (Phi) is 4.37. The van der Waals surface area contributed by atoms with Crippen LogP contribution in [0, 0.1) is 11.8 Å². The summed E-state index contributed by atoms with van der Waals surface area (Å²) in [7, 11) is 0. The number of rotatable bonds is 2. The molecular formula is C10H19ClN2O2. The van der Waals surface area contributed by atoms with Crippen LogP contribution in [0.5, 0.6) is 0 Å². The summed E-state index contributed by atoms with van der Waals surface area (Å²) in [5.41, 5.74) is 5.64. The van der Waals surface area contributed by atoms with Crippen LogP contribution in [-0.2, 0) is 4.79 Å². The van der Waals surface area contributed by atoms with Gasteiger partial charge in [-0.3, -0.25) is 4.79 Å². The van der Waals surface area contributed by atoms with E-state index in [1.165, 1.54) is 0 Å². The fourth-order valence-electron chi connectivity index (χ4n) is 2.86. The number of halogens is 1. The second kappa shape index (κ2) is 5.14. The first-order valence-corrected chi connectivity index (χ1v) is 5.39. The predicted molar refractivity (Wildman–Crippen MR) is 60.1 cm³/mol. The molecule has 2 aliphatic rings. The van der Waals surface area contributed by atoms with E-state index in [-0.39, 0.29) is 18.4 Å². The molecule has 1 aliphatic carbocycles. The highest BCUT2D eigenvalue weighted by atomic mass is 35.5. The molecule has 5 heteroatoms. The summed E-state index contributed by atoms with van der Waals surface area (Å²) in [6.07, 6.45) is 4.14. The molecule has 2 rings (SSSR count). The summed E-state index contributed by atoms with van der Waals surface area (Å²) >= 11 is 0. The Morgan fingerprint density at radius 3 is 2.73 bits per heavy atom. The average molecular weight is 235 g/mol. The summed E-state index contributed by atoms with van der Waals surface area (Å²) in [5.74, 6) is 0.452. The summed E-state index contributed by atoms with van der Waals surface area (Å²) in [6, 6.07) is 0.112. The van der Waals surface area contributed by atoms with Crippen LogP contribution < -0.4 is 11.1 Å². The number of carboxylic acids is 1. The van der Waals surface area contributed by atoms with Gasteiger partial charge < -0.3 is 16.2 Å². The molecule has 2 fully saturated rings. The zero-order valence-corrected chi connectivity index (χ0v) is 9.50. The minimum atomic E-state index is -0.705. The van der Waals surface area contributed by atoms with Gasteiger partial charge in [0, 0.05) is 6.04 Å². The van der Waals surface area contributed by atoms with E-state index in [0.29, 0.717) is 17.9 Å². The molecular weight excluding hydrogens is 216 g/mol. The van der Waals surface area contributed by atoms with Crippen molar-refractivity contribution < 1.29 is 9.90 Å². The fraction of sp³-hybridized carbons (Fsp3) is 0.900. The van der Waals surface area contributed by atoms with E-state index in [1.807, 2.05) is 0 Å². The van der Waals surface area contributed by atoms with Gasteiger partial charge in [-0.25, -0.2) is 0 Å². The van der Waals surface area contributed by atoms with Gasteiger partial charge in [0.05, 0.1) is 0 Å². The second-order valence-corrected chi connectivity index (χ2v) is 4.57. The first-order valence-electron chi connectivity index (χ1n) is 5.39. The normalized spacial score (nSPS) is 39.3. The van der Waals surface area contributed by atoms with E-state index in [9.17, 15) is 4.79 Å². The lowest BCUT2D eigenvalue weighted by atomic mass is 9.78. The van der Waals surface area contributed by atoms with Crippen LogP contribution in [0.3, 0.4) is 0 Å². The van der Waals surface area contributed by atoms with Crippen molar-refractivity contribution in [2.45, 2.75) is 37.8 Å². The third-order valence-electron chi connectivity index (χ3n) is 3.68. The Balaban J connectivity index is 0.00000112. The van der Waals surface area contributed by atoms with Crippen LogP contribution in [0.25, 0.3) is 0 Å². The summed E-state index contributed by atoms with van der Waals surface area (Å²) in [4.78, 5) is 10.8. The molecule has 0 aromatic heterocycles. The lowest BCUT2D eigenvalue weighted by Gasteiger charge is -2.30. The molecule has 0 amide bonds. The third kappa shape index (κ3) is 2.62. The fourth-order valence-corrected chi connectivity index (χ4v) is 2.86. The van der Waals surface area contributed by atoms with Gasteiger partial charge in [-0.1, -0.05) is 0 Å². The Morgan fingerprint density at radius 2 is 2.13 bits per heavy atom. The average Bonchev–Trinajstić information content (AvgIpc) is 2.59. The first-order chi connectivity index (χ1) is 6.70. The second-order valence-electron chi connectivity index (χ2n) is 4.57. The SMILES string of the molecule is Cl.NCC1CCC2NC(C(=O)O)CC2C1. The predicted octanol–water partition coefficient (Wildman–Crippen LogP) is 0.598. The van der Waals surface area contributed by atoms with Gasteiger partial charge in [-0.2, -0.15) is 0 Å². The van der Waals surface area contributed by atoms with E-state index in [1.54, 1.807) is 0 Å². The number of carbonyl (C=O) groups is 1. The zero-order valence-electron chi connectivity index (χ0n) is 8.69. The monoisotopic (exact) mass is 234 g/mol. The third-order valence-corrected chi connectivity index (χ3v) is 3.68. The Bertz CT molecular complexity index is 237. The molecule has 0 bridgehead atoms. The van der Waals surface area contributed by atoms with Gasteiger partial charge in [-0.05, 0) is 44.1 Å². The lowest BCUT2D eigenvalue weighted by molar-refractivity contribution is -0.139. The van der Waals surface area contributed by atoms with Crippen LogP contribution in [0.2, 0.25) is 0 Å². The van der Waals surface area contributed by atoms with Crippen molar-refractivity contribution in [1.29, 1.82) is 0 Å². The molecule has 4 unspecified atom stereocenters. The molecule has 0 spiro atoms. The van der Waals surface area contributed by atoms with Crippen molar-refractivity contribution in [2.24, 2.45) is 17.6 Å². The molecule has 4 N–H and O–H groups in total. The highest BCUT2D eigenvalue weighted by molar-refractivity contribution is 5.85.